The number of aromatic nitrogens is 2. The smallest absolute Gasteiger partial charge is 0.287 e. The van der Waals surface area contributed by atoms with E-state index in [4.69, 9.17) is 4.42 Å². The molecule has 3 rings (SSSR count). The molecule has 0 aliphatic carbocycles. The van der Waals surface area contributed by atoms with Crippen molar-refractivity contribution < 1.29 is 9.21 Å². The van der Waals surface area contributed by atoms with Crippen molar-refractivity contribution in [2.75, 3.05) is 24.2 Å². The standard InChI is InChI=1S/C16H20N4O2S/c1-11-7-10-22-15(11)16(21)17-12-5-8-20(9-6-12)13-3-4-14(23-2)19-18-13/h3-4,7,10,12H,5-6,8-9H2,1-2H3,(H,17,21). The molecule has 0 unspecified atom stereocenters. The fourth-order valence-electron chi connectivity index (χ4n) is 2.70. The van der Waals surface area contributed by atoms with Crippen molar-refractivity contribution in [2.24, 2.45) is 0 Å². The highest BCUT2D eigenvalue weighted by Crippen LogP contribution is 2.20. The molecule has 2 aromatic rings. The van der Waals surface area contributed by atoms with E-state index in [-0.39, 0.29) is 11.9 Å². The molecule has 0 aromatic carbocycles. The Bertz CT molecular complexity index is 663. The van der Waals surface area contributed by atoms with Crippen LogP contribution in [0.4, 0.5) is 5.82 Å². The topological polar surface area (TPSA) is 71.3 Å². The molecule has 0 saturated carbocycles. The van der Waals surface area contributed by atoms with Gasteiger partial charge in [0, 0.05) is 24.7 Å². The highest BCUT2D eigenvalue weighted by Gasteiger charge is 2.23. The van der Waals surface area contributed by atoms with Crippen molar-refractivity contribution in [1.82, 2.24) is 15.5 Å². The van der Waals surface area contributed by atoms with Crippen LogP contribution in [0.2, 0.25) is 0 Å². The van der Waals surface area contributed by atoms with Gasteiger partial charge in [0.2, 0.25) is 0 Å². The predicted octanol–water partition coefficient (Wildman–Crippen LogP) is 2.50. The van der Waals surface area contributed by atoms with Crippen molar-refractivity contribution in [3.05, 3.63) is 35.8 Å². The van der Waals surface area contributed by atoms with Gasteiger partial charge in [-0.25, -0.2) is 0 Å². The second-order valence-electron chi connectivity index (χ2n) is 5.60. The minimum atomic E-state index is -0.130. The molecule has 23 heavy (non-hydrogen) atoms. The fraction of sp³-hybridized carbons (Fsp3) is 0.438. The molecule has 1 N–H and O–H groups in total. The summed E-state index contributed by atoms with van der Waals surface area (Å²) in [7, 11) is 0. The number of thioether (sulfide) groups is 1. The normalized spacial score (nSPS) is 15.7. The first-order chi connectivity index (χ1) is 11.2. The summed E-state index contributed by atoms with van der Waals surface area (Å²) in [5.41, 5.74) is 0.865. The number of rotatable bonds is 4. The summed E-state index contributed by atoms with van der Waals surface area (Å²) in [6, 6.07) is 5.96. The lowest BCUT2D eigenvalue weighted by molar-refractivity contribution is 0.0902. The molecular formula is C16H20N4O2S. The van der Waals surface area contributed by atoms with Crippen molar-refractivity contribution >= 4 is 23.5 Å². The van der Waals surface area contributed by atoms with E-state index < -0.39 is 0 Å². The quantitative estimate of drug-likeness (QED) is 0.868. The second-order valence-corrected chi connectivity index (χ2v) is 6.43. The van der Waals surface area contributed by atoms with E-state index in [2.05, 4.69) is 20.4 Å². The zero-order chi connectivity index (χ0) is 16.2. The third-order valence-electron chi connectivity index (χ3n) is 4.06. The molecule has 7 heteroatoms. The molecule has 0 atom stereocenters. The first kappa shape index (κ1) is 15.9. The first-order valence-electron chi connectivity index (χ1n) is 7.65. The van der Waals surface area contributed by atoms with E-state index in [1.165, 1.54) is 0 Å². The Morgan fingerprint density at radius 1 is 1.30 bits per heavy atom. The molecule has 1 amide bonds. The molecular weight excluding hydrogens is 312 g/mol. The van der Waals surface area contributed by atoms with Crippen LogP contribution >= 0.6 is 11.8 Å². The molecule has 0 spiro atoms. The minimum absolute atomic E-state index is 0.130. The van der Waals surface area contributed by atoms with Gasteiger partial charge in [-0.15, -0.1) is 22.0 Å². The van der Waals surface area contributed by atoms with Crippen LogP contribution < -0.4 is 10.2 Å². The van der Waals surface area contributed by atoms with Crippen LogP contribution in [-0.4, -0.2) is 41.5 Å². The summed E-state index contributed by atoms with van der Waals surface area (Å²) in [5, 5.41) is 12.4. The third-order valence-corrected chi connectivity index (χ3v) is 4.69. The Balaban J connectivity index is 1.54. The summed E-state index contributed by atoms with van der Waals surface area (Å²) in [6.07, 6.45) is 5.30. The largest absolute Gasteiger partial charge is 0.459 e. The summed E-state index contributed by atoms with van der Waals surface area (Å²) in [6.45, 7) is 3.59. The molecule has 1 aliphatic rings. The van der Waals surface area contributed by atoms with Crippen molar-refractivity contribution in [3.8, 4) is 0 Å². The number of nitrogens with one attached hydrogen (secondary N) is 1. The summed E-state index contributed by atoms with van der Waals surface area (Å²) >= 11 is 1.58. The lowest BCUT2D eigenvalue weighted by atomic mass is 10.0. The Morgan fingerprint density at radius 2 is 2.09 bits per heavy atom. The van der Waals surface area contributed by atoms with Crippen LogP contribution in [0.5, 0.6) is 0 Å². The molecule has 3 heterocycles. The van der Waals surface area contributed by atoms with Gasteiger partial charge < -0.3 is 14.6 Å². The van der Waals surface area contributed by atoms with Gasteiger partial charge in [-0.1, -0.05) is 0 Å². The van der Waals surface area contributed by atoms with E-state index in [0.717, 1.165) is 42.3 Å². The average molecular weight is 332 g/mol. The first-order valence-corrected chi connectivity index (χ1v) is 8.87. The van der Waals surface area contributed by atoms with Gasteiger partial charge in [-0.05, 0) is 44.2 Å². The monoisotopic (exact) mass is 332 g/mol. The number of nitrogens with zero attached hydrogens (tertiary/aromatic N) is 3. The molecule has 1 saturated heterocycles. The van der Waals surface area contributed by atoms with Gasteiger partial charge in [0.25, 0.3) is 5.91 Å². The van der Waals surface area contributed by atoms with Gasteiger partial charge in [0.1, 0.15) is 5.03 Å². The zero-order valence-electron chi connectivity index (χ0n) is 13.3. The van der Waals surface area contributed by atoms with E-state index in [1.54, 1.807) is 24.1 Å². The van der Waals surface area contributed by atoms with Crippen molar-refractivity contribution in [3.63, 3.8) is 0 Å². The van der Waals surface area contributed by atoms with Crippen molar-refractivity contribution in [2.45, 2.75) is 30.8 Å². The second kappa shape index (κ2) is 7.04. The maximum Gasteiger partial charge on any atom is 0.287 e. The number of anilines is 1. The Labute approximate surface area is 139 Å². The summed E-state index contributed by atoms with van der Waals surface area (Å²) in [5.74, 6) is 1.18. The Kier molecular flexibility index (Phi) is 4.85. The summed E-state index contributed by atoms with van der Waals surface area (Å²) in [4.78, 5) is 14.4. The lowest BCUT2D eigenvalue weighted by Gasteiger charge is -2.32. The molecule has 0 bridgehead atoms. The average Bonchev–Trinajstić information content (AvgIpc) is 3.02. The zero-order valence-corrected chi connectivity index (χ0v) is 14.1. The van der Waals surface area contributed by atoms with Gasteiger partial charge in [0.15, 0.2) is 11.6 Å². The van der Waals surface area contributed by atoms with Gasteiger partial charge in [0.05, 0.1) is 6.26 Å². The van der Waals surface area contributed by atoms with Gasteiger partial charge in [-0.2, -0.15) is 0 Å². The fourth-order valence-corrected chi connectivity index (χ4v) is 3.03. The number of carbonyl (C=O) groups is 1. The van der Waals surface area contributed by atoms with E-state index in [1.807, 2.05) is 25.3 Å². The molecule has 1 aliphatic heterocycles. The highest BCUT2D eigenvalue weighted by molar-refractivity contribution is 7.98. The third kappa shape index (κ3) is 3.67. The predicted molar refractivity (Wildman–Crippen MR) is 90.0 cm³/mol. The van der Waals surface area contributed by atoms with Crippen molar-refractivity contribution in [1.29, 1.82) is 0 Å². The van der Waals surface area contributed by atoms with E-state index in [9.17, 15) is 4.79 Å². The molecule has 6 nitrogen and oxygen atoms in total. The maximum atomic E-state index is 12.2. The number of furan rings is 1. The number of hydrogen-bond donors (Lipinski definition) is 1. The van der Waals surface area contributed by atoms with Gasteiger partial charge >= 0.3 is 0 Å². The lowest BCUT2D eigenvalue weighted by Crippen LogP contribution is -2.45. The van der Waals surface area contributed by atoms with Gasteiger partial charge in [-0.3, -0.25) is 4.79 Å². The van der Waals surface area contributed by atoms with Crippen LogP contribution in [0.1, 0.15) is 29.0 Å². The molecule has 2 aromatic heterocycles. The molecule has 0 radical (unpaired) electrons. The molecule has 122 valence electrons. The van der Waals surface area contributed by atoms with Crippen LogP contribution in [0, 0.1) is 6.92 Å². The van der Waals surface area contributed by atoms with E-state index >= 15 is 0 Å². The number of carbonyl (C=O) groups excluding carboxylic acids is 1. The summed E-state index contributed by atoms with van der Waals surface area (Å²) < 4.78 is 5.24. The SMILES string of the molecule is CSc1ccc(N2CCC(NC(=O)c3occc3C)CC2)nn1. The van der Waals surface area contributed by atoms with E-state index in [0.29, 0.717) is 5.76 Å². The Morgan fingerprint density at radius 3 is 2.65 bits per heavy atom. The van der Waals surface area contributed by atoms with Crippen LogP contribution in [0.15, 0.2) is 33.9 Å². The molecule has 1 fully saturated rings. The Hall–Kier alpha value is -2.02. The van der Waals surface area contributed by atoms with Crippen LogP contribution in [0.25, 0.3) is 0 Å². The number of piperidine rings is 1. The number of aryl methyl sites for hydroxylation is 1. The highest BCUT2D eigenvalue weighted by atomic mass is 32.2. The minimum Gasteiger partial charge on any atom is -0.459 e. The van der Waals surface area contributed by atoms with Crippen LogP contribution in [-0.2, 0) is 0 Å². The number of amides is 1. The van der Waals surface area contributed by atoms with Crippen LogP contribution in [0.3, 0.4) is 0 Å². The maximum absolute atomic E-state index is 12.2. The number of hydrogen-bond acceptors (Lipinski definition) is 6.